The molecule has 1 aliphatic rings. The predicted molar refractivity (Wildman–Crippen MR) is 112 cm³/mol. The predicted octanol–water partition coefficient (Wildman–Crippen LogP) is 5.16. The number of aryl methyl sites for hydroxylation is 1. The number of alkyl halides is 3. The molecule has 1 unspecified atom stereocenters. The Bertz CT molecular complexity index is 1300. The highest BCUT2D eigenvalue weighted by atomic mass is 19.4. The van der Waals surface area contributed by atoms with Crippen molar-refractivity contribution in [1.82, 2.24) is 4.98 Å². The second-order valence-corrected chi connectivity index (χ2v) is 8.37. The fourth-order valence-corrected chi connectivity index (χ4v) is 4.66. The molecule has 5 nitrogen and oxygen atoms in total. The van der Waals surface area contributed by atoms with Crippen LogP contribution in [0.25, 0.3) is 10.9 Å². The largest absolute Gasteiger partial charge is 0.505 e. The minimum atomic E-state index is -5.09. The summed E-state index contributed by atoms with van der Waals surface area (Å²) in [4.78, 5) is 13.9. The minimum absolute atomic E-state index is 0.00755. The number of H-pyrrole nitrogens is 1. The smallest absolute Gasteiger partial charge is 0.419 e. The Morgan fingerprint density at radius 2 is 1.91 bits per heavy atom. The second kappa shape index (κ2) is 7.72. The number of anilines is 1. The van der Waals surface area contributed by atoms with Gasteiger partial charge in [0.05, 0.1) is 11.6 Å². The number of phenols is 1. The Hall–Kier alpha value is -3.14. The van der Waals surface area contributed by atoms with E-state index in [0.717, 1.165) is 12.1 Å². The summed E-state index contributed by atoms with van der Waals surface area (Å²) < 4.78 is 71.5. The number of hydrogen-bond donors (Lipinski definition) is 4. The monoisotopic (exact) mass is 468 g/mol. The van der Waals surface area contributed by atoms with Crippen molar-refractivity contribution in [2.75, 3.05) is 5.32 Å². The Balaban J connectivity index is 1.98. The standard InChI is InChI=1S/C23H21F5N2O3/c1-3-11-9-22(33,23(26,27)28)21(13-8-10(2)18(25)20(32)17(11)13)29-15-6-5-14(24)19-12(15)4-7-16(31)30-19/h4-8,11,21,29,32-33H,3,9H2,1-2H3,(H,30,31)/t11?,21-,22+/m0/s1. The van der Waals surface area contributed by atoms with Gasteiger partial charge in [0.2, 0.25) is 5.56 Å². The van der Waals surface area contributed by atoms with Crippen molar-refractivity contribution >= 4 is 16.6 Å². The molecule has 3 atom stereocenters. The van der Waals surface area contributed by atoms with Crippen LogP contribution in [0.4, 0.5) is 27.6 Å². The molecule has 4 N–H and O–H groups in total. The second-order valence-electron chi connectivity index (χ2n) is 8.37. The lowest BCUT2D eigenvalue weighted by atomic mass is 9.68. The molecule has 2 aromatic carbocycles. The maximum absolute atomic E-state index is 14.5. The number of benzene rings is 2. The van der Waals surface area contributed by atoms with E-state index in [1.54, 1.807) is 6.92 Å². The van der Waals surface area contributed by atoms with Gasteiger partial charge >= 0.3 is 6.18 Å². The average Bonchev–Trinajstić information content (AvgIpc) is 2.74. The number of aromatic hydroxyl groups is 1. The van der Waals surface area contributed by atoms with E-state index >= 15 is 0 Å². The van der Waals surface area contributed by atoms with Gasteiger partial charge in [-0.25, -0.2) is 8.78 Å². The summed E-state index contributed by atoms with van der Waals surface area (Å²) in [6.45, 7) is 2.88. The van der Waals surface area contributed by atoms with Crippen LogP contribution in [0.3, 0.4) is 0 Å². The minimum Gasteiger partial charge on any atom is -0.505 e. The molecule has 0 fully saturated rings. The van der Waals surface area contributed by atoms with Crippen molar-refractivity contribution in [3.63, 3.8) is 0 Å². The SMILES string of the molecule is CCC1C[C@](O)(C(F)(F)F)[C@@H](Nc2ccc(F)c3[nH]c(=O)ccc23)c2cc(C)c(F)c(O)c21. The van der Waals surface area contributed by atoms with Crippen LogP contribution in [0.2, 0.25) is 0 Å². The normalized spacial score (nSPS) is 22.9. The van der Waals surface area contributed by atoms with E-state index < -0.39 is 53.1 Å². The van der Waals surface area contributed by atoms with Gasteiger partial charge in [0.1, 0.15) is 5.82 Å². The van der Waals surface area contributed by atoms with Gasteiger partial charge in [0, 0.05) is 22.7 Å². The summed E-state index contributed by atoms with van der Waals surface area (Å²) in [6.07, 6.45) is -5.78. The van der Waals surface area contributed by atoms with Gasteiger partial charge in [0.15, 0.2) is 17.2 Å². The summed E-state index contributed by atoms with van der Waals surface area (Å²) in [5.74, 6) is -3.43. The molecule has 0 saturated heterocycles. The molecule has 0 bridgehead atoms. The lowest BCUT2D eigenvalue weighted by molar-refractivity contribution is -0.272. The average molecular weight is 468 g/mol. The number of nitrogens with one attached hydrogen (secondary N) is 2. The third-order valence-corrected chi connectivity index (χ3v) is 6.37. The molecule has 1 heterocycles. The Morgan fingerprint density at radius 1 is 1.21 bits per heavy atom. The zero-order chi connectivity index (χ0) is 24.3. The van der Waals surface area contributed by atoms with Crippen molar-refractivity contribution in [3.05, 3.63) is 69.0 Å². The zero-order valence-electron chi connectivity index (χ0n) is 17.6. The van der Waals surface area contributed by atoms with Crippen LogP contribution in [-0.2, 0) is 0 Å². The first-order chi connectivity index (χ1) is 15.4. The highest BCUT2D eigenvalue weighted by Gasteiger charge is 2.62. The Labute approximate surface area is 184 Å². The van der Waals surface area contributed by atoms with E-state index in [0.29, 0.717) is 0 Å². The summed E-state index contributed by atoms with van der Waals surface area (Å²) in [6, 6.07) is 3.83. The molecule has 1 aliphatic carbocycles. The number of aliphatic hydroxyl groups is 1. The first-order valence-corrected chi connectivity index (χ1v) is 10.3. The molecule has 0 radical (unpaired) electrons. The molecule has 0 aliphatic heterocycles. The number of halogens is 5. The van der Waals surface area contributed by atoms with Gasteiger partial charge in [-0.3, -0.25) is 4.79 Å². The summed E-state index contributed by atoms with van der Waals surface area (Å²) in [5.41, 5.74) is -4.29. The van der Waals surface area contributed by atoms with Crippen molar-refractivity contribution in [2.45, 2.75) is 50.4 Å². The lowest BCUT2D eigenvalue weighted by Crippen LogP contribution is -2.55. The highest BCUT2D eigenvalue weighted by molar-refractivity contribution is 5.91. The van der Waals surface area contributed by atoms with E-state index in [1.807, 2.05) is 0 Å². The molecule has 3 aromatic rings. The van der Waals surface area contributed by atoms with Crippen LogP contribution in [0, 0.1) is 18.6 Å². The van der Waals surface area contributed by atoms with Crippen LogP contribution in [0.5, 0.6) is 5.75 Å². The van der Waals surface area contributed by atoms with Gasteiger partial charge < -0.3 is 20.5 Å². The van der Waals surface area contributed by atoms with E-state index in [-0.39, 0.29) is 39.7 Å². The van der Waals surface area contributed by atoms with Gasteiger partial charge in [-0.1, -0.05) is 13.0 Å². The van der Waals surface area contributed by atoms with Gasteiger partial charge in [-0.2, -0.15) is 13.2 Å². The molecule has 176 valence electrons. The van der Waals surface area contributed by atoms with Crippen LogP contribution < -0.4 is 10.9 Å². The van der Waals surface area contributed by atoms with Crippen LogP contribution in [-0.4, -0.2) is 27.0 Å². The summed E-state index contributed by atoms with van der Waals surface area (Å²) in [7, 11) is 0. The Morgan fingerprint density at radius 3 is 2.55 bits per heavy atom. The summed E-state index contributed by atoms with van der Waals surface area (Å²) >= 11 is 0. The molecular weight excluding hydrogens is 447 g/mol. The molecule has 10 heteroatoms. The number of fused-ring (bicyclic) bond motifs is 2. The topological polar surface area (TPSA) is 85.4 Å². The quantitative estimate of drug-likeness (QED) is 0.400. The zero-order valence-corrected chi connectivity index (χ0v) is 17.6. The van der Waals surface area contributed by atoms with Crippen molar-refractivity contribution in [1.29, 1.82) is 0 Å². The van der Waals surface area contributed by atoms with Crippen molar-refractivity contribution in [2.24, 2.45) is 0 Å². The molecule has 0 saturated carbocycles. The fraction of sp³-hybridized carbons (Fsp3) is 0.348. The number of pyridine rings is 1. The van der Waals surface area contributed by atoms with E-state index in [2.05, 4.69) is 10.3 Å². The van der Waals surface area contributed by atoms with Crippen molar-refractivity contribution in [3.8, 4) is 5.75 Å². The lowest BCUT2D eigenvalue weighted by Gasteiger charge is -2.46. The maximum atomic E-state index is 14.5. The molecule has 33 heavy (non-hydrogen) atoms. The first kappa shape index (κ1) is 23.0. The van der Waals surface area contributed by atoms with Crippen molar-refractivity contribution < 1.29 is 32.2 Å². The number of rotatable bonds is 3. The molecule has 1 aromatic heterocycles. The van der Waals surface area contributed by atoms with Gasteiger partial charge in [0.25, 0.3) is 0 Å². The molecule has 0 amide bonds. The third kappa shape index (κ3) is 3.52. The van der Waals surface area contributed by atoms with E-state index in [9.17, 15) is 37.0 Å². The van der Waals surface area contributed by atoms with E-state index in [1.165, 1.54) is 25.1 Å². The molecular formula is C23H21F5N2O3. The summed E-state index contributed by atoms with van der Waals surface area (Å²) in [5, 5.41) is 24.2. The highest BCUT2D eigenvalue weighted by Crippen LogP contribution is 2.55. The number of phenolic OH excluding ortho intramolecular Hbond substituents is 1. The fourth-order valence-electron chi connectivity index (χ4n) is 4.66. The van der Waals surface area contributed by atoms with Crippen LogP contribution >= 0.6 is 0 Å². The maximum Gasteiger partial charge on any atom is 0.419 e. The van der Waals surface area contributed by atoms with E-state index in [4.69, 9.17) is 0 Å². The van der Waals surface area contributed by atoms with Gasteiger partial charge in [-0.15, -0.1) is 0 Å². The molecule has 0 spiro atoms. The van der Waals surface area contributed by atoms with Gasteiger partial charge in [-0.05, 0) is 55.0 Å². The number of hydrogen-bond acceptors (Lipinski definition) is 4. The van der Waals surface area contributed by atoms with Crippen LogP contribution in [0.1, 0.15) is 48.4 Å². The number of aromatic amines is 1. The Kier molecular flexibility index (Phi) is 5.39. The first-order valence-electron chi connectivity index (χ1n) is 10.3. The third-order valence-electron chi connectivity index (χ3n) is 6.37. The van der Waals surface area contributed by atoms with Crippen LogP contribution in [0.15, 0.2) is 35.1 Å². The molecule has 4 rings (SSSR count). The number of aromatic nitrogens is 1.